The van der Waals surface area contributed by atoms with Crippen molar-refractivity contribution in [1.82, 2.24) is 9.78 Å². The highest BCUT2D eigenvalue weighted by atomic mass is 19.3. The minimum absolute atomic E-state index is 0.119. The molecule has 2 amide bonds. The summed E-state index contributed by atoms with van der Waals surface area (Å²) < 4.78 is 27.1. The second-order valence-electron chi connectivity index (χ2n) is 6.03. The number of carbonyl (C=O) groups excluding carboxylic acids is 2. The Morgan fingerprint density at radius 2 is 1.80 bits per heavy atom. The van der Waals surface area contributed by atoms with Crippen LogP contribution in [-0.4, -0.2) is 21.6 Å². The lowest BCUT2D eigenvalue weighted by Crippen LogP contribution is -2.21. The van der Waals surface area contributed by atoms with Gasteiger partial charge in [0.25, 0.3) is 6.43 Å². The van der Waals surface area contributed by atoms with Crippen LogP contribution in [0.4, 0.5) is 20.2 Å². The number of aromatic nitrogens is 2. The van der Waals surface area contributed by atoms with Crippen molar-refractivity contribution in [2.45, 2.75) is 38.7 Å². The van der Waals surface area contributed by atoms with Crippen molar-refractivity contribution in [2.75, 3.05) is 10.6 Å². The van der Waals surface area contributed by atoms with Crippen molar-refractivity contribution in [1.29, 1.82) is 0 Å². The second kappa shape index (κ2) is 7.00. The van der Waals surface area contributed by atoms with Gasteiger partial charge in [-0.15, -0.1) is 0 Å². The van der Waals surface area contributed by atoms with E-state index in [0.29, 0.717) is 17.1 Å². The summed E-state index contributed by atoms with van der Waals surface area (Å²) in [6.07, 6.45) is -0.788. The molecular formula is C17H18F2N4O2. The molecule has 25 heavy (non-hydrogen) atoms. The Morgan fingerprint density at radius 1 is 1.20 bits per heavy atom. The van der Waals surface area contributed by atoms with Crippen molar-refractivity contribution in [2.24, 2.45) is 0 Å². The fourth-order valence-corrected chi connectivity index (χ4v) is 2.57. The standard InChI is InChI=1S/C17H18F2N4O2/c1-10(24)20-12-4-6-13(7-5-12)21-16(25)9-23-15(11-2-3-11)8-14(22-23)17(18)19/h4-8,11,17H,2-3,9H2,1H3,(H,20,24)(H,21,25). The Balaban J connectivity index is 1.65. The lowest BCUT2D eigenvalue weighted by atomic mass is 10.2. The quantitative estimate of drug-likeness (QED) is 0.841. The number of halogens is 2. The number of carbonyl (C=O) groups is 2. The van der Waals surface area contributed by atoms with Gasteiger partial charge in [0.05, 0.1) is 0 Å². The third kappa shape index (κ3) is 4.40. The van der Waals surface area contributed by atoms with Gasteiger partial charge in [-0.25, -0.2) is 8.78 Å². The highest BCUT2D eigenvalue weighted by Gasteiger charge is 2.30. The molecule has 0 saturated heterocycles. The normalized spacial score (nSPS) is 13.8. The van der Waals surface area contributed by atoms with Gasteiger partial charge in [-0.2, -0.15) is 5.10 Å². The van der Waals surface area contributed by atoms with Crippen LogP contribution in [0.3, 0.4) is 0 Å². The van der Waals surface area contributed by atoms with Gasteiger partial charge in [-0.1, -0.05) is 0 Å². The maximum atomic E-state index is 12.9. The minimum atomic E-state index is -2.65. The number of benzene rings is 1. The number of alkyl halides is 2. The highest BCUT2D eigenvalue weighted by Crippen LogP contribution is 2.41. The molecule has 0 spiro atoms. The molecule has 0 radical (unpaired) electrons. The Kier molecular flexibility index (Phi) is 4.78. The molecule has 1 aliphatic rings. The third-order valence-corrected chi connectivity index (χ3v) is 3.83. The molecule has 0 aliphatic heterocycles. The number of nitrogens with one attached hydrogen (secondary N) is 2. The van der Waals surface area contributed by atoms with Gasteiger partial charge in [0.15, 0.2) is 0 Å². The van der Waals surface area contributed by atoms with E-state index in [9.17, 15) is 18.4 Å². The van der Waals surface area contributed by atoms with E-state index in [-0.39, 0.29) is 30.0 Å². The summed E-state index contributed by atoms with van der Waals surface area (Å²) in [7, 11) is 0. The Hall–Kier alpha value is -2.77. The molecule has 1 fully saturated rings. The molecule has 2 aromatic rings. The van der Waals surface area contributed by atoms with Gasteiger partial charge >= 0.3 is 0 Å². The summed E-state index contributed by atoms with van der Waals surface area (Å²) in [6.45, 7) is 1.29. The number of nitrogens with zero attached hydrogens (tertiary/aromatic N) is 2. The summed E-state index contributed by atoms with van der Waals surface area (Å²) in [5.74, 6) is -0.319. The molecule has 6 nitrogen and oxygen atoms in total. The first-order valence-electron chi connectivity index (χ1n) is 7.95. The van der Waals surface area contributed by atoms with Crippen molar-refractivity contribution in [3.05, 3.63) is 41.7 Å². The minimum Gasteiger partial charge on any atom is -0.326 e. The topological polar surface area (TPSA) is 76.0 Å². The van der Waals surface area contributed by atoms with Gasteiger partial charge in [-0.05, 0) is 43.2 Å². The van der Waals surface area contributed by atoms with Gasteiger partial charge in [0.1, 0.15) is 12.2 Å². The largest absolute Gasteiger partial charge is 0.326 e. The summed E-state index contributed by atoms with van der Waals surface area (Å²) in [5, 5.41) is 9.18. The Bertz CT molecular complexity index is 782. The molecule has 0 bridgehead atoms. The zero-order chi connectivity index (χ0) is 18.0. The number of anilines is 2. The molecule has 1 saturated carbocycles. The van der Waals surface area contributed by atoms with Crippen LogP contribution in [0.25, 0.3) is 0 Å². The molecule has 1 aromatic heterocycles. The van der Waals surface area contributed by atoms with Crippen molar-refractivity contribution in [3.63, 3.8) is 0 Å². The van der Waals surface area contributed by atoms with Crippen LogP contribution in [0.2, 0.25) is 0 Å². The third-order valence-electron chi connectivity index (χ3n) is 3.83. The first-order valence-corrected chi connectivity index (χ1v) is 7.95. The molecule has 1 heterocycles. The van der Waals surface area contributed by atoms with E-state index in [1.165, 1.54) is 17.7 Å². The summed E-state index contributed by atoms with van der Waals surface area (Å²) in [6, 6.07) is 8.01. The van der Waals surface area contributed by atoms with Crippen LogP contribution in [0.15, 0.2) is 30.3 Å². The van der Waals surface area contributed by atoms with E-state index in [1.807, 2.05) is 0 Å². The van der Waals surface area contributed by atoms with Crippen molar-refractivity contribution >= 4 is 23.2 Å². The second-order valence-corrected chi connectivity index (χ2v) is 6.03. The van der Waals surface area contributed by atoms with Crippen LogP contribution in [0.1, 0.15) is 43.5 Å². The SMILES string of the molecule is CC(=O)Nc1ccc(NC(=O)Cn2nc(C(F)F)cc2C2CC2)cc1. The van der Waals surface area contributed by atoms with Crippen molar-refractivity contribution in [3.8, 4) is 0 Å². The van der Waals surface area contributed by atoms with Crippen LogP contribution in [0.5, 0.6) is 0 Å². The maximum Gasteiger partial charge on any atom is 0.282 e. The molecule has 0 atom stereocenters. The van der Waals surface area contributed by atoms with Crippen LogP contribution in [0, 0.1) is 0 Å². The smallest absolute Gasteiger partial charge is 0.282 e. The van der Waals surface area contributed by atoms with Crippen molar-refractivity contribution < 1.29 is 18.4 Å². The lowest BCUT2D eigenvalue weighted by Gasteiger charge is -2.09. The zero-order valence-corrected chi connectivity index (χ0v) is 13.6. The summed E-state index contributed by atoms with van der Waals surface area (Å²) in [4.78, 5) is 23.2. The molecule has 1 aliphatic carbocycles. The van der Waals surface area contributed by atoms with Crippen LogP contribution in [-0.2, 0) is 16.1 Å². The van der Waals surface area contributed by atoms with Crippen LogP contribution >= 0.6 is 0 Å². The molecule has 2 N–H and O–H groups in total. The van der Waals surface area contributed by atoms with E-state index in [0.717, 1.165) is 12.8 Å². The molecular weight excluding hydrogens is 330 g/mol. The Morgan fingerprint density at radius 3 is 2.32 bits per heavy atom. The Labute approximate surface area is 143 Å². The first kappa shape index (κ1) is 17.1. The molecule has 3 rings (SSSR count). The average Bonchev–Trinajstić information content (AvgIpc) is 3.29. The van der Waals surface area contributed by atoms with Gasteiger partial charge in [-0.3, -0.25) is 14.3 Å². The predicted octanol–water partition coefficient (Wildman–Crippen LogP) is 3.30. The molecule has 8 heteroatoms. The number of rotatable bonds is 6. The monoisotopic (exact) mass is 348 g/mol. The van der Waals surface area contributed by atoms with Gasteiger partial charge in [0.2, 0.25) is 11.8 Å². The number of hydrogen-bond acceptors (Lipinski definition) is 3. The van der Waals surface area contributed by atoms with E-state index in [4.69, 9.17) is 0 Å². The number of hydrogen-bond donors (Lipinski definition) is 2. The van der Waals surface area contributed by atoms with Gasteiger partial charge < -0.3 is 10.6 Å². The zero-order valence-electron chi connectivity index (χ0n) is 13.6. The molecule has 1 aromatic carbocycles. The molecule has 0 unspecified atom stereocenters. The van der Waals surface area contributed by atoms with E-state index in [2.05, 4.69) is 15.7 Å². The fraction of sp³-hybridized carbons (Fsp3) is 0.353. The summed E-state index contributed by atoms with van der Waals surface area (Å²) >= 11 is 0. The van der Waals surface area contributed by atoms with Crippen LogP contribution < -0.4 is 10.6 Å². The lowest BCUT2D eigenvalue weighted by molar-refractivity contribution is -0.117. The maximum absolute atomic E-state index is 12.9. The fourth-order valence-electron chi connectivity index (χ4n) is 2.57. The molecule has 132 valence electrons. The highest BCUT2D eigenvalue weighted by molar-refractivity contribution is 5.92. The summed E-state index contributed by atoms with van der Waals surface area (Å²) in [5.41, 5.74) is 1.56. The number of amides is 2. The van der Waals surface area contributed by atoms with E-state index < -0.39 is 6.43 Å². The first-order chi connectivity index (χ1) is 11.9. The van der Waals surface area contributed by atoms with E-state index >= 15 is 0 Å². The average molecular weight is 348 g/mol. The van der Waals surface area contributed by atoms with E-state index in [1.54, 1.807) is 24.3 Å². The van der Waals surface area contributed by atoms with Gasteiger partial charge in [0, 0.05) is 29.9 Å². The predicted molar refractivity (Wildman–Crippen MR) is 88.5 cm³/mol.